The van der Waals surface area contributed by atoms with Gasteiger partial charge in [-0.25, -0.2) is 18.4 Å². The van der Waals surface area contributed by atoms with E-state index in [0.717, 1.165) is 38.2 Å². The molecule has 0 spiro atoms. The van der Waals surface area contributed by atoms with Crippen LogP contribution in [0.5, 0.6) is 0 Å². The van der Waals surface area contributed by atoms with Crippen LogP contribution in [0.3, 0.4) is 0 Å². The van der Waals surface area contributed by atoms with Crippen LogP contribution >= 0.6 is 0 Å². The summed E-state index contributed by atoms with van der Waals surface area (Å²) in [5.41, 5.74) is 5.90. The summed E-state index contributed by atoms with van der Waals surface area (Å²) in [4.78, 5) is 10.7. The van der Waals surface area contributed by atoms with Crippen molar-refractivity contribution in [2.75, 3.05) is 11.1 Å². The van der Waals surface area contributed by atoms with Gasteiger partial charge in [-0.2, -0.15) is 0 Å². The lowest BCUT2D eigenvalue weighted by molar-refractivity contribution is 0.0696. The van der Waals surface area contributed by atoms with Crippen molar-refractivity contribution in [3.8, 4) is 0 Å². The minimum absolute atomic E-state index is 0.0736. The number of carbonyl (C=O) groups is 1. The summed E-state index contributed by atoms with van der Waals surface area (Å²) < 4.78 is 23.4. The first-order chi connectivity index (χ1) is 9.79. The number of rotatable bonds is 4. The quantitative estimate of drug-likeness (QED) is 0.620. The molecule has 1 aromatic rings. The van der Waals surface area contributed by atoms with E-state index >= 15 is 0 Å². The largest absolute Gasteiger partial charge is 0.478 e. The second-order valence-corrected chi connectivity index (χ2v) is 6.80. The summed E-state index contributed by atoms with van der Waals surface area (Å²) in [6.45, 7) is 0. The van der Waals surface area contributed by atoms with E-state index in [1.54, 1.807) is 0 Å². The van der Waals surface area contributed by atoms with Crippen molar-refractivity contribution in [2.24, 2.45) is 5.14 Å². The molecule has 0 heterocycles. The van der Waals surface area contributed by atoms with Gasteiger partial charge in [-0.3, -0.25) is 0 Å². The van der Waals surface area contributed by atoms with Crippen LogP contribution in [0.15, 0.2) is 17.0 Å². The van der Waals surface area contributed by atoms with E-state index < -0.39 is 16.0 Å². The van der Waals surface area contributed by atoms with Crippen molar-refractivity contribution in [3.63, 3.8) is 0 Å². The number of primary sulfonamides is 1. The molecule has 1 saturated carbocycles. The molecular formula is C13H19N3O4S. The second kappa shape index (κ2) is 5.90. The smallest absolute Gasteiger partial charge is 0.335 e. The van der Waals surface area contributed by atoms with Crippen LogP contribution < -0.4 is 16.2 Å². The Bertz CT molecular complexity index is 652. The number of carboxylic acids is 1. The number of nitrogens with two attached hydrogens (primary N) is 2. The number of hydrogen-bond donors (Lipinski definition) is 4. The predicted octanol–water partition coefficient (Wildman–Crippen LogP) is 1.36. The summed E-state index contributed by atoms with van der Waals surface area (Å²) in [7, 11) is -4.07. The molecule has 0 bridgehead atoms. The van der Waals surface area contributed by atoms with Crippen molar-refractivity contribution < 1.29 is 18.3 Å². The summed E-state index contributed by atoms with van der Waals surface area (Å²) >= 11 is 0. The molecule has 1 aliphatic carbocycles. The third-order valence-corrected chi connectivity index (χ3v) is 4.57. The Morgan fingerprint density at radius 3 is 2.38 bits per heavy atom. The monoisotopic (exact) mass is 313 g/mol. The number of aromatic carboxylic acids is 1. The number of nitrogen functional groups attached to an aromatic ring is 1. The highest BCUT2D eigenvalue weighted by molar-refractivity contribution is 7.89. The zero-order valence-corrected chi connectivity index (χ0v) is 12.3. The maximum atomic E-state index is 11.7. The van der Waals surface area contributed by atoms with Gasteiger partial charge in [0.15, 0.2) is 0 Å². The Hall–Kier alpha value is -1.80. The molecule has 0 atom stereocenters. The molecule has 21 heavy (non-hydrogen) atoms. The number of hydrogen-bond acceptors (Lipinski definition) is 5. The van der Waals surface area contributed by atoms with Gasteiger partial charge in [0.05, 0.1) is 16.9 Å². The average Bonchev–Trinajstić information content (AvgIpc) is 2.40. The molecule has 1 aliphatic rings. The molecule has 0 aromatic heterocycles. The number of sulfonamides is 1. The maximum Gasteiger partial charge on any atom is 0.335 e. The van der Waals surface area contributed by atoms with Crippen LogP contribution in [0.25, 0.3) is 0 Å². The minimum Gasteiger partial charge on any atom is -0.478 e. The van der Waals surface area contributed by atoms with Crippen LogP contribution in [-0.2, 0) is 10.0 Å². The van der Waals surface area contributed by atoms with Gasteiger partial charge in [0.25, 0.3) is 0 Å². The zero-order valence-electron chi connectivity index (χ0n) is 11.5. The number of nitrogens with one attached hydrogen (secondary N) is 1. The predicted molar refractivity (Wildman–Crippen MR) is 79.7 cm³/mol. The van der Waals surface area contributed by atoms with Crippen LogP contribution in [0.4, 0.5) is 11.4 Å². The van der Waals surface area contributed by atoms with Gasteiger partial charge in [0, 0.05) is 6.04 Å². The van der Waals surface area contributed by atoms with Crippen LogP contribution in [0.2, 0.25) is 0 Å². The van der Waals surface area contributed by atoms with Crippen molar-refractivity contribution in [2.45, 2.75) is 43.0 Å². The Labute approximate surface area is 123 Å². The molecule has 8 heteroatoms. The molecule has 0 unspecified atom stereocenters. The molecule has 0 radical (unpaired) electrons. The lowest BCUT2D eigenvalue weighted by atomic mass is 9.95. The van der Waals surface area contributed by atoms with Crippen molar-refractivity contribution in [1.29, 1.82) is 0 Å². The van der Waals surface area contributed by atoms with Crippen LogP contribution in [-0.4, -0.2) is 25.5 Å². The first-order valence-electron chi connectivity index (χ1n) is 6.75. The van der Waals surface area contributed by atoms with E-state index in [4.69, 9.17) is 16.0 Å². The summed E-state index contributed by atoms with van der Waals surface area (Å²) in [5.74, 6) is -1.25. The highest BCUT2D eigenvalue weighted by atomic mass is 32.2. The third-order valence-electron chi connectivity index (χ3n) is 3.64. The molecular weight excluding hydrogens is 294 g/mol. The van der Waals surface area contributed by atoms with Gasteiger partial charge < -0.3 is 16.2 Å². The second-order valence-electron chi connectivity index (χ2n) is 5.27. The fraction of sp³-hybridized carbons (Fsp3) is 0.462. The number of benzene rings is 1. The zero-order chi connectivity index (χ0) is 15.6. The van der Waals surface area contributed by atoms with E-state index in [-0.39, 0.29) is 27.9 Å². The van der Waals surface area contributed by atoms with Crippen molar-refractivity contribution >= 4 is 27.4 Å². The summed E-state index contributed by atoms with van der Waals surface area (Å²) in [6, 6.07) is 2.40. The standard InChI is InChI=1S/C13H19N3O4S/c14-10-6-8(13(17)18)7-11(21(15,19)20)12(10)16-9-4-2-1-3-5-9/h6-7,9,16H,1-5,14H2,(H,17,18)(H2,15,19,20). The van der Waals surface area contributed by atoms with E-state index in [1.165, 1.54) is 6.07 Å². The maximum absolute atomic E-state index is 11.7. The first-order valence-corrected chi connectivity index (χ1v) is 8.30. The van der Waals surface area contributed by atoms with Gasteiger partial charge in [0.2, 0.25) is 10.0 Å². The Kier molecular flexibility index (Phi) is 4.38. The van der Waals surface area contributed by atoms with E-state index in [0.29, 0.717) is 0 Å². The third kappa shape index (κ3) is 3.64. The fourth-order valence-corrected chi connectivity index (χ4v) is 3.34. The molecule has 0 aliphatic heterocycles. The molecule has 2 rings (SSSR count). The van der Waals surface area contributed by atoms with E-state index in [2.05, 4.69) is 5.32 Å². The lowest BCUT2D eigenvalue weighted by Crippen LogP contribution is -2.25. The van der Waals surface area contributed by atoms with Crippen molar-refractivity contribution in [3.05, 3.63) is 17.7 Å². The molecule has 1 aromatic carbocycles. The molecule has 116 valence electrons. The Balaban J connectivity index is 2.45. The molecule has 7 nitrogen and oxygen atoms in total. The van der Waals surface area contributed by atoms with Gasteiger partial charge in [-0.15, -0.1) is 0 Å². The lowest BCUT2D eigenvalue weighted by Gasteiger charge is -2.25. The highest BCUT2D eigenvalue weighted by Gasteiger charge is 2.23. The van der Waals surface area contributed by atoms with E-state index in [1.807, 2.05) is 0 Å². The molecule has 0 amide bonds. The highest BCUT2D eigenvalue weighted by Crippen LogP contribution is 2.32. The number of carboxylic acid groups (broad SMARTS) is 1. The van der Waals surface area contributed by atoms with Crippen molar-refractivity contribution in [1.82, 2.24) is 0 Å². The first kappa shape index (κ1) is 15.6. The van der Waals surface area contributed by atoms with Crippen LogP contribution in [0, 0.1) is 0 Å². The normalized spacial score (nSPS) is 16.6. The van der Waals surface area contributed by atoms with E-state index in [9.17, 15) is 13.2 Å². The summed E-state index contributed by atoms with van der Waals surface area (Å²) in [6.07, 6.45) is 5.13. The molecule has 1 fully saturated rings. The fourth-order valence-electron chi connectivity index (χ4n) is 2.59. The van der Waals surface area contributed by atoms with Gasteiger partial charge in [-0.05, 0) is 25.0 Å². The number of anilines is 2. The Morgan fingerprint density at radius 2 is 1.86 bits per heavy atom. The topological polar surface area (TPSA) is 136 Å². The SMILES string of the molecule is Nc1cc(C(=O)O)cc(S(N)(=O)=O)c1NC1CCCCC1. The molecule has 6 N–H and O–H groups in total. The average molecular weight is 313 g/mol. The minimum atomic E-state index is -4.07. The van der Waals surface area contributed by atoms with Gasteiger partial charge in [-0.1, -0.05) is 19.3 Å². The van der Waals surface area contributed by atoms with Gasteiger partial charge >= 0.3 is 5.97 Å². The van der Waals surface area contributed by atoms with Crippen LogP contribution in [0.1, 0.15) is 42.5 Å². The summed E-state index contributed by atoms with van der Waals surface area (Å²) in [5, 5.41) is 17.3. The molecule has 0 saturated heterocycles. The van der Waals surface area contributed by atoms with Gasteiger partial charge in [0.1, 0.15) is 4.90 Å². The Morgan fingerprint density at radius 1 is 1.24 bits per heavy atom.